The minimum absolute atomic E-state index is 0.136. The molecule has 0 saturated heterocycles. The quantitative estimate of drug-likeness (QED) is 0.779. The fourth-order valence-electron chi connectivity index (χ4n) is 1.91. The van der Waals surface area contributed by atoms with Crippen molar-refractivity contribution in [2.45, 2.75) is 32.1 Å². The predicted molar refractivity (Wildman–Crippen MR) is 79.5 cm³/mol. The molecule has 0 amide bonds. The highest BCUT2D eigenvalue weighted by molar-refractivity contribution is 7.89. The van der Waals surface area contributed by atoms with E-state index in [0.717, 1.165) is 6.20 Å². The van der Waals surface area contributed by atoms with Gasteiger partial charge in [-0.2, -0.15) is 5.26 Å². The Morgan fingerprint density at radius 3 is 2.64 bits per heavy atom. The summed E-state index contributed by atoms with van der Waals surface area (Å²) >= 11 is 0. The summed E-state index contributed by atoms with van der Waals surface area (Å²) in [6, 6.07) is 3.09. The number of aryl methyl sites for hydroxylation is 1. The fourth-order valence-corrected chi connectivity index (χ4v) is 2.96. The van der Waals surface area contributed by atoms with Gasteiger partial charge in [0, 0.05) is 12.7 Å². The lowest BCUT2D eigenvalue weighted by Gasteiger charge is -2.15. The molecule has 22 heavy (non-hydrogen) atoms. The van der Waals surface area contributed by atoms with Gasteiger partial charge in [-0.1, -0.05) is 13.8 Å². The van der Waals surface area contributed by atoms with Crippen LogP contribution in [0.4, 0.5) is 0 Å². The molecule has 1 rings (SSSR count). The fraction of sp³-hybridized carbons (Fsp3) is 0.500. The third-order valence-electron chi connectivity index (χ3n) is 3.12. The number of pyridine rings is 1. The summed E-state index contributed by atoms with van der Waals surface area (Å²) in [6.07, 6.45) is 1.52. The van der Waals surface area contributed by atoms with Crippen LogP contribution in [0.2, 0.25) is 0 Å². The number of sulfonamides is 1. The van der Waals surface area contributed by atoms with Crippen LogP contribution < -0.4 is 4.72 Å². The SMILES string of the molecule is Cc1ncc(S(=O)(=O)NCC(CC(C)C)C(=O)O)cc1C#N. The monoisotopic (exact) mass is 325 g/mol. The first-order chi connectivity index (χ1) is 10.2. The second-order valence-electron chi connectivity index (χ2n) is 5.43. The number of nitrogens with one attached hydrogen (secondary N) is 1. The summed E-state index contributed by atoms with van der Waals surface area (Å²) in [4.78, 5) is 14.9. The average Bonchev–Trinajstić information content (AvgIpc) is 2.43. The van der Waals surface area contributed by atoms with Gasteiger partial charge in [0.25, 0.3) is 0 Å². The molecule has 1 unspecified atom stereocenters. The normalized spacial score (nSPS) is 12.9. The van der Waals surface area contributed by atoms with E-state index in [1.54, 1.807) is 6.92 Å². The molecule has 0 radical (unpaired) electrons. The molecule has 0 saturated carbocycles. The van der Waals surface area contributed by atoms with Crippen molar-refractivity contribution in [2.24, 2.45) is 11.8 Å². The third kappa shape index (κ3) is 4.79. The van der Waals surface area contributed by atoms with Crippen molar-refractivity contribution >= 4 is 16.0 Å². The smallest absolute Gasteiger partial charge is 0.307 e. The Bertz CT molecular complexity index is 693. The van der Waals surface area contributed by atoms with Crippen molar-refractivity contribution in [2.75, 3.05) is 6.54 Å². The van der Waals surface area contributed by atoms with Gasteiger partial charge in [-0.3, -0.25) is 9.78 Å². The highest BCUT2D eigenvalue weighted by Gasteiger charge is 2.23. The van der Waals surface area contributed by atoms with E-state index in [2.05, 4.69) is 9.71 Å². The highest BCUT2D eigenvalue weighted by Crippen LogP contribution is 2.15. The van der Waals surface area contributed by atoms with E-state index < -0.39 is 21.9 Å². The van der Waals surface area contributed by atoms with Crippen molar-refractivity contribution in [3.8, 4) is 6.07 Å². The molecule has 0 fully saturated rings. The summed E-state index contributed by atoms with van der Waals surface area (Å²) in [6.45, 7) is 5.14. The molecular weight excluding hydrogens is 306 g/mol. The summed E-state index contributed by atoms with van der Waals surface area (Å²) in [5, 5.41) is 18.0. The van der Waals surface area contributed by atoms with Crippen LogP contribution in [-0.2, 0) is 14.8 Å². The van der Waals surface area contributed by atoms with E-state index in [9.17, 15) is 13.2 Å². The number of nitrogens with zero attached hydrogens (tertiary/aromatic N) is 2. The molecule has 0 aromatic carbocycles. The van der Waals surface area contributed by atoms with Crippen LogP contribution >= 0.6 is 0 Å². The van der Waals surface area contributed by atoms with Crippen LogP contribution in [0.5, 0.6) is 0 Å². The number of carboxylic acids is 1. The average molecular weight is 325 g/mol. The van der Waals surface area contributed by atoms with E-state index in [1.165, 1.54) is 6.07 Å². The third-order valence-corrected chi connectivity index (χ3v) is 4.51. The van der Waals surface area contributed by atoms with Crippen LogP contribution in [0, 0.1) is 30.1 Å². The van der Waals surface area contributed by atoms with E-state index in [4.69, 9.17) is 10.4 Å². The number of carboxylic acid groups (broad SMARTS) is 1. The second kappa shape index (κ2) is 7.33. The number of carbonyl (C=O) groups is 1. The van der Waals surface area contributed by atoms with Gasteiger partial charge >= 0.3 is 5.97 Å². The number of rotatable bonds is 7. The largest absolute Gasteiger partial charge is 0.481 e. The van der Waals surface area contributed by atoms with Gasteiger partial charge in [-0.05, 0) is 25.3 Å². The van der Waals surface area contributed by atoms with Gasteiger partial charge in [-0.25, -0.2) is 13.1 Å². The Kier molecular flexibility index (Phi) is 6.02. The van der Waals surface area contributed by atoms with Gasteiger partial charge in [0.05, 0.1) is 17.2 Å². The predicted octanol–water partition coefficient (Wildman–Crippen LogP) is 1.29. The van der Waals surface area contributed by atoms with Gasteiger partial charge in [0.15, 0.2) is 0 Å². The molecule has 1 atom stereocenters. The zero-order valence-electron chi connectivity index (χ0n) is 12.7. The molecule has 0 aliphatic carbocycles. The van der Waals surface area contributed by atoms with E-state index in [-0.39, 0.29) is 22.9 Å². The zero-order chi connectivity index (χ0) is 16.9. The Hall–Kier alpha value is -1.98. The number of aromatic nitrogens is 1. The minimum Gasteiger partial charge on any atom is -0.481 e. The lowest BCUT2D eigenvalue weighted by Crippen LogP contribution is -2.33. The zero-order valence-corrected chi connectivity index (χ0v) is 13.5. The topological polar surface area (TPSA) is 120 Å². The molecule has 120 valence electrons. The molecular formula is C14H19N3O4S. The van der Waals surface area contributed by atoms with E-state index in [0.29, 0.717) is 12.1 Å². The summed E-state index contributed by atoms with van der Waals surface area (Å²) in [5.74, 6) is -1.71. The first kappa shape index (κ1) is 18.1. The van der Waals surface area contributed by atoms with E-state index >= 15 is 0 Å². The van der Waals surface area contributed by atoms with Crippen LogP contribution in [-0.4, -0.2) is 31.0 Å². The molecule has 7 nitrogen and oxygen atoms in total. The van der Waals surface area contributed by atoms with E-state index in [1.807, 2.05) is 19.9 Å². The second-order valence-corrected chi connectivity index (χ2v) is 7.20. The van der Waals surface area contributed by atoms with Crippen LogP contribution in [0.1, 0.15) is 31.5 Å². The summed E-state index contributed by atoms with van der Waals surface area (Å²) in [5.41, 5.74) is 0.601. The number of aliphatic carboxylic acids is 1. The molecule has 0 aliphatic heterocycles. The van der Waals surface area contributed by atoms with Gasteiger partial charge in [0.2, 0.25) is 10.0 Å². The molecule has 1 heterocycles. The number of nitriles is 1. The van der Waals surface area contributed by atoms with Crippen LogP contribution in [0.15, 0.2) is 17.2 Å². The molecule has 0 aliphatic rings. The van der Waals surface area contributed by atoms with Crippen molar-refractivity contribution < 1.29 is 18.3 Å². The molecule has 2 N–H and O–H groups in total. The van der Waals surface area contributed by atoms with Crippen molar-refractivity contribution in [3.63, 3.8) is 0 Å². The minimum atomic E-state index is -3.90. The maximum atomic E-state index is 12.2. The first-order valence-corrected chi connectivity index (χ1v) is 8.25. The Balaban J connectivity index is 2.92. The van der Waals surface area contributed by atoms with Gasteiger partial charge in [0.1, 0.15) is 11.0 Å². The number of hydrogen-bond donors (Lipinski definition) is 2. The van der Waals surface area contributed by atoms with Crippen molar-refractivity contribution in [1.82, 2.24) is 9.71 Å². The van der Waals surface area contributed by atoms with Gasteiger partial charge in [-0.15, -0.1) is 0 Å². The Morgan fingerprint density at radius 2 is 2.14 bits per heavy atom. The Labute approximate surface area is 130 Å². The van der Waals surface area contributed by atoms with Crippen molar-refractivity contribution in [3.05, 3.63) is 23.5 Å². The molecule has 0 bridgehead atoms. The maximum Gasteiger partial charge on any atom is 0.307 e. The Morgan fingerprint density at radius 1 is 1.50 bits per heavy atom. The molecule has 1 aromatic heterocycles. The lowest BCUT2D eigenvalue weighted by molar-refractivity contribution is -0.142. The standard InChI is InChI=1S/C14H19N3O4S/c1-9(2)4-12(14(18)19)7-17-22(20,21)13-5-11(6-15)10(3)16-8-13/h5,8-9,12,17H,4,7H2,1-3H3,(H,18,19). The van der Waals surface area contributed by atoms with Crippen molar-refractivity contribution in [1.29, 1.82) is 5.26 Å². The maximum absolute atomic E-state index is 12.2. The van der Waals surface area contributed by atoms with Gasteiger partial charge < -0.3 is 5.11 Å². The molecule has 1 aromatic rings. The van der Waals surface area contributed by atoms with Crippen LogP contribution in [0.3, 0.4) is 0 Å². The summed E-state index contributed by atoms with van der Waals surface area (Å²) in [7, 11) is -3.90. The van der Waals surface area contributed by atoms with Crippen LogP contribution in [0.25, 0.3) is 0 Å². The molecule has 0 spiro atoms. The first-order valence-electron chi connectivity index (χ1n) is 6.76. The molecule has 8 heteroatoms. The lowest BCUT2D eigenvalue weighted by atomic mass is 9.98. The summed E-state index contributed by atoms with van der Waals surface area (Å²) < 4.78 is 26.6. The number of hydrogen-bond acceptors (Lipinski definition) is 5. The highest BCUT2D eigenvalue weighted by atomic mass is 32.2.